The van der Waals surface area contributed by atoms with Crippen molar-refractivity contribution < 1.29 is 18.5 Å². The first kappa shape index (κ1) is 20.3. The summed E-state index contributed by atoms with van der Waals surface area (Å²) in [5.74, 6) is -0.981. The van der Waals surface area contributed by atoms with Crippen molar-refractivity contribution in [3.05, 3.63) is 12.7 Å². The summed E-state index contributed by atoms with van der Waals surface area (Å²) in [6.45, 7) is 2.96. The Balaban J connectivity index is -0.000000126. The molecule has 0 aromatic rings. The van der Waals surface area contributed by atoms with Crippen LogP contribution in [-0.4, -0.2) is 62.5 Å². The summed E-state index contributed by atoms with van der Waals surface area (Å²) < 4.78 is 0. The summed E-state index contributed by atoms with van der Waals surface area (Å²) in [4.78, 5) is 9.25. The summed E-state index contributed by atoms with van der Waals surface area (Å²) in [6, 6.07) is 0. The molecule has 0 unspecified atom stereocenters. The molecule has 12 heavy (non-hydrogen) atoms. The molecule has 0 radical (unpaired) electrons. The Morgan fingerprint density at radius 2 is 1.33 bits per heavy atom. The molecule has 2 nitrogen and oxygen atoms in total. The number of carboxylic acid groups (broad SMARTS) is 1. The number of hydrogen-bond acceptors (Lipinski definition) is 1. The van der Waals surface area contributed by atoms with Crippen LogP contribution < -0.4 is 0 Å². The zero-order chi connectivity index (χ0) is 9.73. The van der Waals surface area contributed by atoms with Gasteiger partial charge in [-0.25, -0.2) is 4.79 Å². The molecule has 0 atom stereocenters. The summed E-state index contributed by atoms with van der Waals surface area (Å²) in [6.07, 6.45) is 0.833. The van der Waals surface area contributed by atoms with Gasteiger partial charge in [-0.1, -0.05) is 6.58 Å². The van der Waals surface area contributed by atoms with Crippen LogP contribution in [0.15, 0.2) is 12.7 Å². The summed E-state index contributed by atoms with van der Waals surface area (Å²) in [5, 5.41) is 7.60. The zero-order valence-corrected chi connectivity index (χ0v) is 10.3. The zero-order valence-electron chi connectivity index (χ0n) is 4.86. The molecule has 0 aliphatic rings. The van der Waals surface area contributed by atoms with Gasteiger partial charge in [-0.05, 0) is 0 Å². The fourth-order valence-electron chi connectivity index (χ4n) is 0. The maximum absolute atomic E-state index is 9.25. The Morgan fingerprint density at radius 3 is 1.33 bits per heavy atom. The Hall–Kier alpha value is 2.92. The van der Waals surface area contributed by atoms with Gasteiger partial charge in [0, 0.05) is 6.08 Å². The molecular formula is C3H5Cl5KO2Rh. The van der Waals surface area contributed by atoms with Crippen LogP contribution in [0.1, 0.15) is 0 Å². The van der Waals surface area contributed by atoms with Crippen LogP contribution in [-0.2, 0) is 13.4 Å². The van der Waals surface area contributed by atoms with Gasteiger partial charge in [0.1, 0.15) is 0 Å². The van der Waals surface area contributed by atoms with Crippen LogP contribution in [0, 0.1) is 0 Å². The van der Waals surface area contributed by atoms with Crippen LogP contribution in [0.2, 0.25) is 0 Å². The number of hydrogen-bond donors (Lipinski definition) is 1. The molecular weight excluding hydrogens is 387 g/mol. The van der Waals surface area contributed by atoms with Crippen LogP contribution in [0.3, 0.4) is 0 Å². The molecule has 74 valence electrons. The third-order valence-electron chi connectivity index (χ3n) is 0.175. The van der Waals surface area contributed by atoms with Crippen molar-refractivity contribution in [2.45, 2.75) is 0 Å². The van der Waals surface area contributed by atoms with E-state index in [1.807, 2.05) is 0 Å². The van der Waals surface area contributed by atoms with Crippen molar-refractivity contribution in [3.8, 4) is 0 Å². The fourth-order valence-corrected chi connectivity index (χ4v) is 0. The SMILES string of the molecule is C=CC(=O)O.[Cl][Rh]([Cl])([Cl])([Cl])[Cl].[KH]. The van der Waals surface area contributed by atoms with Crippen molar-refractivity contribution in [1.29, 1.82) is 0 Å². The fraction of sp³-hybridized carbons (Fsp3) is 0. The maximum atomic E-state index is 9.25. The monoisotopic (exact) mass is 390 g/mol. The van der Waals surface area contributed by atoms with Crippen LogP contribution in [0.25, 0.3) is 0 Å². The number of carboxylic acids is 1. The van der Waals surface area contributed by atoms with E-state index in [-0.39, 0.29) is 51.4 Å². The van der Waals surface area contributed by atoms with Gasteiger partial charge in [-0.2, -0.15) is 0 Å². The molecule has 0 aromatic heterocycles. The molecule has 0 rings (SSSR count). The topological polar surface area (TPSA) is 37.3 Å². The van der Waals surface area contributed by atoms with Crippen molar-refractivity contribution in [3.63, 3.8) is 0 Å². The first-order valence-corrected chi connectivity index (χ1v) is 12.3. The number of aliphatic carboxylic acids is 1. The average molecular weight is 392 g/mol. The van der Waals surface area contributed by atoms with Gasteiger partial charge in [0.15, 0.2) is 0 Å². The molecule has 0 saturated heterocycles. The van der Waals surface area contributed by atoms with E-state index in [1.165, 1.54) is 0 Å². The summed E-state index contributed by atoms with van der Waals surface area (Å²) >= 11 is 0. The Kier molecular flexibility index (Phi) is 13.8. The Bertz CT molecular complexity index is 147. The van der Waals surface area contributed by atoms with Gasteiger partial charge >= 0.3 is 114 Å². The Morgan fingerprint density at radius 1 is 1.25 bits per heavy atom. The van der Waals surface area contributed by atoms with E-state index in [1.54, 1.807) is 0 Å². The molecule has 0 saturated carbocycles. The van der Waals surface area contributed by atoms with Gasteiger partial charge in [0.05, 0.1) is 0 Å². The van der Waals surface area contributed by atoms with Gasteiger partial charge in [-0.15, -0.1) is 0 Å². The van der Waals surface area contributed by atoms with Crippen molar-refractivity contribution in [1.82, 2.24) is 0 Å². The third kappa shape index (κ3) is 75.8. The molecule has 0 fully saturated rings. The standard InChI is InChI=1S/C3H4O2.5ClH.K.Rh.H/c1-2-3(4)5;;;;;;;;/h2H,1H2,(H,4,5);5*1H;;;/q;;;;;;;+5;/p-5. The van der Waals surface area contributed by atoms with Gasteiger partial charge in [0.25, 0.3) is 0 Å². The van der Waals surface area contributed by atoms with E-state index < -0.39 is 14.6 Å². The first-order chi connectivity index (χ1) is 4.51. The molecule has 0 heterocycles. The van der Waals surface area contributed by atoms with E-state index in [0.717, 1.165) is 6.08 Å². The van der Waals surface area contributed by atoms with Crippen molar-refractivity contribution in [2.24, 2.45) is 0 Å². The minimum absolute atomic E-state index is 0. The van der Waals surface area contributed by atoms with Crippen molar-refractivity contribution >= 4 is 106 Å². The molecule has 0 bridgehead atoms. The predicted molar refractivity (Wildman–Crippen MR) is 54.2 cm³/mol. The van der Waals surface area contributed by atoms with E-state index in [0.29, 0.717) is 0 Å². The van der Waals surface area contributed by atoms with E-state index in [9.17, 15) is 4.79 Å². The van der Waals surface area contributed by atoms with E-state index in [4.69, 9.17) is 53.6 Å². The molecule has 0 aliphatic heterocycles. The summed E-state index contributed by atoms with van der Waals surface area (Å²) in [5.41, 5.74) is 0. The van der Waals surface area contributed by atoms with Crippen LogP contribution in [0.5, 0.6) is 0 Å². The van der Waals surface area contributed by atoms with Gasteiger partial charge in [-0.3, -0.25) is 0 Å². The molecule has 0 spiro atoms. The molecule has 0 aliphatic carbocycles. The summed E-state index contributed by atoms with van der Waals surface area (Å²) in [7, 11) is 21.0. The van der Waals surface area contributed by atoms with Crippen LogP contribution in [0.4, 0.5) is 0 Å². The second kappa shape index (κ2) is 8.12. The molecule has 0 amide bonds. The molecule has 9 heteroatoms. The third-order valence-corrected chi connectivity index (χ3v) is 0.175. The molecule has 0 aromatic carbocycles. The normalized spacial score (nSPS) is 12.2. The number of halogens is 5. The Labute approximate surface area is 134 Å². The minimum atomic E-state index is -4.04. The van der Waals surface area contributed by atoms with Gasteiger partial charge in [0.2, 0.25) is 0 Å². The second-order valence-corrected chi connectivity index (χ2v) is 25.9. The van der Waals surface area contributed by atoms with E-state index >= 15 is 0 Å². The van der Waals surface area contributed by atoms with Crippen LogP contribution >= 0.6 is 48.5 Å². The number of rotatable bonds is 1. The number of carbonyl (C=O) groups is 1. The van der Waals surface area contributed by atoms with Crippen molar-refractivity contribution in [2.75, 3.05) is 0 Å². The average Bonchev–Trinajstić information content (AvgIpc) is 1.59. The van der Waals surface area contributed by atoms with E-state index in [2.05, 4.69) is 6.58 Å². The van der Waals surface area contributed by atoms with Gasteiger partial charge < -0.3 is 5.11 Å². The molecule has 1 N–H and O–H groups in total. The first-order valence-electron chi connectivity index (χ1n) is 1.75. The second-order valence-electron chi connectivity index (χ2n) is 1.02. The quantitative estimate of drug-likeness (QED) is 0.550. The predicted octanol–water partition coefficient (Wildman–Crippen LogP) is 3.05.